The zero-order valence-electron chi connectivity index (χ0n) is 11.5. The van der Waals surface area contributed by atoms with Gasteiger partial charge in [-0.3, -0.25) is 0 Å². The number of benzene rings is 1. The quantitative estimate of drug-likeness (QED) is 0.909. The number of hydrogen-bond donors (Lipinski definition) is 1. The van der Waals surface area contributed by atoms with Gasteiger partial charge in [0.15, 0.2) is 0 Å². The van der Waals surface area contributed by atoms with Crippen molar-refractivity contribution in [3.63, 3.8) is 0 Å². The summed E-state index contributed by atoms with van der Waals surface area (Å²) in [5, 5.41) is 12.4. The van der Waals surface area contributed by atoms with Crippen molar-refractivity contribution >= 4 is 21.6 Å². The highest BCUT2D eigenvalue weighted by molar-refractivity contribution is 9.10. The lowest BCUT2D eigenvalue weighted by Gasteiger charge is -2.31. The maximum atomic E-state index is 8.93. The molecular formula is C15H20BrN3. The van der Waals surface area contributed by atoms with Gasteiger partial charge in [0.25, 0.3) is 0 Å². The predicted molar refractivity (Wildman–Crippen MR) is 82.2 cm³/mol. The van der Waals surface area contributed by atoms with E-state index < -0.39 is 0 Å². The van der Waals surface area contributed by atoms with Crippen molar-refractivity contribution in [2.75, 3.05) is 24.5 Å². The van der Waals surface area contributed by atoms with E-state index in [1.165, 1.54) is 5.69 Å². The first kappa shape index (κ1) is 14.4. The topological polar surface area (TPSA) is 39.1 Å². The van der Waals surface area contributed by atoms with E-state index in [2.05, 4.69) is 64.3 Å². The number of nitrogens with one attached hydrogen (secondary N) is 1. The SMILES string of the molecule is CC1(C)CNC(CC#N)CN(c2ccccc2Br)C1. The Labute approximate surface area is 123 Å². The molecule has 19 heavy (non-hydrogen) atoms. The van der Waals surface area contributed by atoms with Crippen LogP contribution in [0.15, 0.2) is 28.7 Å². The van der Waals surface area contributed by atoms with Crippen LogP contribution < -0.4 is 10.2 Å². The minimum absolute atomic E-state index is 0.194. The third-order valence-electron chi connectivity index (χ3n) is 3.46. The normalized spacial score (nSPS) is 22.6. The molecule has 4 heteroatoms. The van der Waals surface area contributed by atoms with Gasteiger partial charge in [0.2, 0.25) is 0 Å². The van der Waals surface area contributed by atoms with Crippen molar-refractivity contribution < 1.29 is 0 Å². The molecule has 0 spiro atoms. The zero-order valence-corrected chi connectivity index (χ0v) is 13.1. The first-order chi connectivity index (χ1) is 9.02. The largest absolute Gasteiger partial charge is 0.368 e. The third-order valence-corrected chi connectivity index (χ3v) is 4.13. The molecule has 1 aliphatic heterocycles. The van der Waals surface area contributed by atoms with Crippen molar-refractivity contribution in [1.29, 1.82) is 5.26 Å². The molecule has 1 fully saturated rings. The van der Waals surface area contributed by atoms with Gasteiger partial charge in [0, 0.05) is 30.1 Å². The summed E-state index contributed by atoms with van der Waals surface area (Å²) in [6, 6.07) is 10.8. The van der Waals surface area contributed by atoms with E-state index >= 15 is 0 Å². The Bertz CT molecular complexity index is 479. The van der Waals surface area contributed by atoms with Crippen LogP contribution in [-0.2, 0) is 0 Å². The van der Waals surface area contributed by atoms with Crippen LogP contribution in [0.2, 0.25) is 0 Å². The van der Waals surface area contributed by atoms with Crippen LogP contribution >= 0.6 is 15.9 Å². The minimum Gasteiger partial charge on any atom is -0.368 e. The molecule has 2 rings (SSSR count). The second-order valence-corrected chi connectivity index (χ2v) is 6.79. The molecule has 0 aliphatic carbocycles. The van der Waals surface area contributed by atoms with Gasteiger partial charge in [-0.15, -0.1) is 0 Å². The standard InChI is InChI=1S/C15H20BrN3/c1-15(2)10-18-12(7-8-17)9-19(11-15)14-6-4-3-5-13(14)16/h3-6,12,18H,7,9-11H2,1-2H3. The molecule has 0 bridgehead atoms. The highest BCUT2D eigenvalue weighted by Crippen LogP contribution is 2.30. The summed E-state index contributed by atoms with van der Waals surface area (Å²) in [5.41, 5.74) is 1.40. The van der Waals surface area contributed by atoms with Crippen molar-refractivity contribution in [3.8, 4) is 6.07 Å². The number of nitrogens with zero attached hydrogens (tertiary/aromatic N) is 2. The lowest BCUT2D eigenvalue weighted by Crippen LogP contribution is -2.37. The number of nitriles is 1. The first-order valence-electron chi connectivity index (χ1n) is 6.62. The summed E-state index contributed by atoms with van der Waals surface area (Å²) < 4.78 is 1.11. The summed E-state index contributed by atoms with van der Waals surface area (Å²) in [6.45, 7) is 7.33. The molecule has 1 atom stereocenters. The Morgan fingerprint density at radius 1 is 1.47 bits per heavy atom. The molecule has 1 aromatic carbocycles. The molecule has 102 valence electrons. The molecule has 0 aromatic heterocycles. The Balaban J connectivity index is 2.26. The van der Waals surface area contributed by atoms with Gasteiger partial charge in [-0.2, -0.15) is 5.26 Å². The smallest absolute Gasteiger partial charge is 0.0638 e. The van der Waals surface area contributed by atoms with Crippen LogP contribution in [0.3, 0.4) is 0 Å². The Hall–Kier alpha value is -1.05. The average Bonchev–Trinajstić information content (AvgIpc) is 2.50. The van der Waals surface area contributed by atoms with Gasteiger partial charge in [-0.1, -0.05) is 26.0 Å². The van der Waals surface area contributed by atoms with Gasteiger partial charge in [0.05, 0.1) is 18.2 Å². The summed E-state index contributed by atoms with van der Waals surface area (Å²) in [5.74, 6) is 0. The van der Waals surface area contributed by atoms with Gasteiger partial charge in [0.1, 0.15) is 0 Å². The first-order valence-corrected chi connectivity index (χ1v) is 7.41. The summed E-state index contributed by atoms with van der Waals surface area (Å²) >= 11 is 3.63. The molecule has 1 aliphatic rings. The molecule has 1 unspecified atom stereocenters. The molecule has 0 radical (unpaired) electrons. The van der Waals surface area contributed by atoms with Crippen LogP contribution in [0.1, 0.15) is 20.3 Å². The number of hydrogen-bond acceptors (Lipinski definition) is 3. The molecule has 1 saturated heterocycles. The summed E-state index contributed by atoms with van der Waals surface area (Å²) in [6.07, 6.45) is 0.553. The van der Waals surface area contributed by atoms with Crippen LogP contribution in [-0.4, -0.2) is 25.7 Å². The van der Waals surface area contributed by atoms with Crippen LogP contribution in [0.4, 0.5) is 5.69 Å². The van der Waals surface area contributed by atoms with Gasteiger partial charge in [-0.05, 0) is 33.5 Å². The molecule has 1 heterocycles. The van der Waals surface area contributed by atoms with E-state index in [4.69, 9.17) is 5.26 Å². The van der Waals surface area contributed by atoms with E-state index in [0.717, 1.165) is 24.1 Å². The molecule has 1 N–H and O–H groups in total. The highest BCUT2D eigenvalue weighted by atomic mass is 79.9. The minimum atomic E-state index is 0.194. The number of anilines is 1. The van der Waals surface area contributed by atoms with Crippen LogP contribution in [0.5, 0.6) is 0 Å². The van der Waals surface area contributed by atoms with E-state index in [1.54, 1.807) is 0 Å². The van der Waals surface area contributed by atoms with Gasteiger partial charge < -0.3 is 10.2 Å². The highest BCUT2D eigenvalue weighted by Gasteiger charge is 2.29. The molecule has 0 saturated carbocycles. The van der Waals surface area contributed by atoms with Gasteiger partial charge in [-0.25, -0.2) is 0 Å². The fourth-order valence-electron chi connectivity index (χ4n) is 2.53. The molecule has 3 nitrogen and oxygen atoms in total. The second kappa shape index (κ2) is 5.94. The summed E-state index contributed by atoms with van der Waals surface area (Å²) in [4.78, 5) is 2.38. The van der Waals surface area contributed by atoms with E-state index in [0.29, 0.717) is 6.42 Å². The zero-order chi connectivity index (χ0) is 13.9. The monoisotopic (exact) mass is 321 g/mol. The van der Waals surface area contributed by atoms with Crippen LogP contribution in [0, 0.1) is 16.7 Å². The molecule has 0 amide bonds. The van der Waals surface area contributed by atoms with Crippen molar-refractivity contribution in [2.24, 2.45) is 5.41 Å². The maximum absolute atomic E-state index is 8.93. The van der Waals surface area contributed by atoms with Crippen molar-refractivity contribution in [1.82, 2.24) is 5.32 Å². The van der Waals surface area contributed by atoms with Crippen molar-refractivity contribution in [3.05, 3.63) is 28.7 Å². The number of rotatable bonds is 2. The molecular weight excluding hydrogens is 302 g/mol. The average molecular weight is 322 g/mol. The third kappa shape index (κ3) is 3.71. The Morgan fingerprint density at radius 3 is 2.89 bits per heavy atom. The van der Waals surface area contributed by atoms with E-state index in [9.17, 15) is 0 Å². The maximum Gasteiger partial charge on any atom is 0.0638 e. The lowest BCUT2D eigenvalue weighted by atomic mass is 9.93. The second-order valence-electron chi connectivity index (χ2n) is 5.94. The Kier molecular flexibility index (Phi) is 4.49. The fraction of sp³-hybridized carbons (Fsp3) is 0.533. The van der Waals surface area contributed by atoms with Gasteiger partial charge >= 0.3 is 0 Å². The number of para-hydroxylation sites is 1. The van der Waals surface area contributed by atoms with Crippen molar-refractivity contribution in [2.45, 2.75) is 26.3 Å². The number of halogens is 1. The molecule has 1 aromatic rings. The van der Waals surface area contributed by atoms with E-state index in [1.807, 2.05) is 6.07 Å². The van der Waals surface area contributed by atoms with Crippen LogP contribution in [0.25, 0.3) is 0 Å². The fourth-order valence-corrected chi connectivity index (χ4v) is 3.06. The summed E-state index contributed by atoms with van der Waals surface area (Å²) in [7, 11) is 0. The lowest BCUT2D eigenvalue weighted by molar-refractivity contribution is 0.360. The predicted octanol–water partition coefficient (Wildman–Crippen LogP) is 3.17. The Morgan fingerprint density at radius 2 is 2.21 bits per heavy atom. The van der Waals surface area contributed by atoms with E-state index in [-0.39, 0.29) is 11.5 Å².